The van der Waals surface area contributed by atoms with Gasteiger partial charge in [0.15, 0.2) is 0 Å². The van der Waals surface area contributed by atoms with Crippen molar-refractivity contribution in [2.75, 3.05) is 6.54 Å². The van der Waals surface area contributed by atoms with E-state index in [0.29, 0.717) is 11.0 Å². The summed E-state index contributed by atoms with van der Waals surface area (Å²) in [5.74, 6) is -0.233. The van der Waals surface area contributed by atoms with E-state index in [1.165, 1.54) is 12.1 Å². The van der Waals surface area contributed by atoms with Crippen LogP contribution >= 0.6 is 27.5 Å². The van der Waals surface area contributed by atoms with Gasteiger partial charge < -0.3 is 5.32 Å². The van der Waals surface area contributed by atoms with Gasteiger partial charge in [-0.05, 0) is 23.8 Å². The minimum Gasteiger partial charge on any atom is -0.352 e. The number of amides is 1. The molecule has 8 heteroatoms. The van der Waals surface area contributed by atoms with Crippen molar-refractivity contribution in [3.63, 3.8) is 0 Å². The molecule has 0 atom stereocenters. The molecule has 0 aliphatic rings. The van der Waals surface area contributed by atoms with Gasteiger partial charge in [-0.15, -0.1) is 0 Å². The summed E-state index contributed by atoms with van der Waals surface area (Å²) in [5, 5.41) is 2.85. The summed E-state index contributed by atoms with van der Waals surface area (Å²) in [4.78, 5) is 11.8. The predicted octanol–water partition coefficient (Wildman–Crippen LogP) is 3.09. The molecule has 2 aromatic carbocycles. The maximum absolute atomic E-state index is 12.2. The molecule has 128 valence electrons. The van der Waals surface area contributed by atoms with E-state index < -0.39 is 10.0 Å². The van der Waals surface area contributed by atoms with Crippen LogP contribution in [0.25, 0.3) is 0 Å². The fraction of sp³-hybridized carbons (Fsp3) is 0.188. The van der Waals surface area contributed by atoms with Crippen molar-refractivity contribution in [2.45, 2.75) is 17.9 Å². The molecule has 1 amide bonds. The molecule has 0 unspecified atom stereocenters. The van der Waals surface area contributed by atoms with Crippen LogP contribution in [0.1, 0.15) is 12.0 Å². The lowest BCUT2D eigenvalue weighted by Crippen LogP contribution is -2.30. The maximum Gasteiger partial charge on any atom is 0.242 e. The highest BCUT2D eigenvalue weighted by molar-refractivity contribution is 9.10. The van der Waals surface area contributed by atoms with Crippen LogP contribution in [-0.2, 0) is 21.4 Å². The van der Waals surface area contributed by atoms with Crippen LogP contribution < -0.4 is 10.0 Å². The van der Waals surface area contributed by atoms with E-state index in [9.17, 15) is 13.2 Å². The largest absolute Gasteiger partial charge is 0.352 e. The lowest BCUT2D eigenvalue weighted by atomic mass is 10.2. The number of benzene rings is 2. The third kappa shape index (κ3) is 5.59. The van der Waals surface area contributed by atoms with E-state index in [1.54, 1.807) is 6.07 Å². The Balaban J connectivity index is 1.83. The third-order valence-corrected chi connectivity index (χ3v) is 5.60. The van der Waals surface area contributed by atoms with Gasteiger partial charge in [0.25, 0.3) is 0 Å². The molecule has 24 heavy (non-hydrogen) atoms. The molecular formula is C16H16BrClN2O3S. The van der Waals surface area contributed by atoms with E-state index in [0.717, 1.165) is 5.56 Å². The van der Waals surface area contributed by atoms with E-state index in [1.807, 2.05) is 30.3 Å². The monoisotopic (exact) mass is 430 g/mol. The third-order valence-electron chi connectivity index (χ3n) is 3.16. The number of nitrogens with one attached hydrogen (secondary N) is 2. The van der Waals surface area contributed by atoms with Crippen molar-refractivity contribution in [3.05, 3.63) is 63.6 Å². The van der Waals surface area contributed by atoms with Crippen LogP contribution in [-0.4, -0.2) is 20.9 Å². The molecule has 2 N–H and O–H groups in total. The lowest BCUT2D eigenvalue weighted by molar-refractivity contribution is -0.121. The van der Waals surface area contributed by atoms with Gasteiger partial charge in [-0.1, -0.05) is 57.9 Å². The number of carbonyl (C=O) groups is 1. The summed E-state index contributed by atoms with van der Waals surface area (Å²) in [6, 6.07) is 14.0. The van der Waals surface area contributed by atoms with Crippen molar-refractivity contribution in [3.8, 4) is 0 Å². The summed E-state index contributed by atoms with van der Waals surface area (Å²) in [7, 11) is -3.75. The van der Waals surface area contributed by atoms with Crippen LogP contribution in [0.5, 0.6) is 0 Å². The molecule has 5 nitrogen and oxygen atoms in total. The number of hydrogen-bond acceptors (Lipinski definition) is 3. The second kappa shape index (κ2) is 8.62. The first kappa shape index (κ1) is 18.9. The first-order valence-corrected chi connectivity index (χ1v) is 9.79. The highest BCUT2D eigenvalue weighted by Crippen LogP contribution is 2.24. The van der Waals surface area contributed by atoms with Gasteiger partial charge in [0.05, 0.1) is 5.02 Å². The smallest absolute Gasteiger partial charge is 0.242 e. The number of carbonyl (C=O) groups excluding carboxylic acids is 1. The Labute approximate surface area is 154 Å². The molecule has 0 aromatic heterocycles. The molecular weight excluding hydrogens is 416 g/mol. The molecule has 0 bridgehead atoms. The van der Waals surface area contributed by atoms with E-state index in [2.05, 4.69) is 26.0 Å². The maximum atomic E-state index is 12.2. The number of sulfonamides is 1. The van der Waals surface area contributed by atoms with Gasteiger partial charge in [0.2, 0.25) is 15.9 Å². The Kier molecular flexibility index (Phi) is 6.79. The Morgan fingerprint density at radius 1 is 1.12 bits per heavy atom. The zero-order valence-corrected chi connectivity index (χ0v) is 15.8. The van der Waals surface area contributed by atoms with Crippen LogP contribution in [0.3, 0.4) is 0 Å². The van der Waals surface area contributed by atoms with Gasteiger partial charge in [0.1, 0.15) is 4.90 Å². The molecule has 0 saturated carbocycles. The summed E-state index contributed by atoms with van der Waals surface area (Å²) in [6.45, 7) is 0.403. The van der Waals surface area contributed by atoms with Crippen molar-refractivity contribution in [1.29, 1.82) is 0 Å². The average molecular weight is 432 g/mol. The quantitative estimate of drug-likeness (QED) is 0.707. The fourth-order valence-corrected chi connectivity index (χ4v) is 4.02. The minimum atomic E-state index is -3.75. The topological polar surface area (TPSA) is 75.3 Å². The highest BCUT2D eigenvalue weighted by atomic mass is 79.9. The van der Waals surface area contributed by atoms with Crippen molar-refractivity contribution < 1.29 is 13.2 Å². The summed E-state index contributed by atoms with van der Waals surface area (Å²) >= 11 is 9.16. The first-order valence-electron chi connectivity index (χ1n) is 7.14. The molecule has 0 aliphatic carbocycles. The predicted molar refractivity (Wildman–Crippen MR) is 97.2 cm³/mol. The molecule has 0 aliphatic heterocycles. The fourth-order valence-electron chi connectivity index (χ4n) is 1.95. The number of halogens is 2. The van der Waals surface area contributed by atoms with E-state index in [4.69, 9.17) is 11.6 Å². The highest BCUT2D eigenvalue weighted by Gasteiger charge is 2.17. The van der Waals surface area contributed by atoms with Crippen molar-refractivity contribution >= 4 is 43.5 Å². The standard InChI is InChI=1S/C16H16BrClN2O3S/c17-13-6-7-15(14(18)10-13)24(22,23)20-9-8-16(21)19-11-12-4-2-1-3-5-12/h1-7,10,20H,8-9,11H2,(H,19,21). The number of hydrogen-bond donors (Lipinski definition) is 2. The van der Waals surface area contributed by atoms with E-state index >= 15 is 0 Å². The number of rotatable bonds is 7. The molecule has 0 heterocycles. The Hall–Kier alpha value is -1.41. The van der Waals surface area contributed by atoms with Crippen molar-refractivity contribution in [2.24, 2.45) is 0 Å². The molecule has 0 spiro atoms. The van der Waals surface area contributed by atoms with Crippen LogP contribution in [0.15, 0.2) is 57.9 Å². The Morgan fingerprint density at radius 3 is 2.50 bits per heavy atom. The van der Waals surface area contributed by atoms with Gasteiger partial charge in [-0.3, -0.25) is 4.79 Å². The first-order chi connectivity index (χ1) is 11.4. The average Bonchev–Trinajstić information content (AvgIpc) is 2.53. The summed E-state index contributed by atoms with van der Waals surface area (Å²) < 4.78 is 27.4. The van der Waals surface area contributed by atoms with Gasteiger partial charge >= 0.3 is 0 Å². The van der Waals surface area contributed by atoms with Gasteiger partial charge in [-0.2, -0.15) is 0 Å². The summed E-state index contributed by atoms with van der Waals surface area (Å²) in [5.41, 5.74) is 0.980. The van der Waals surface area contributed by atoms with Crippen LogP contribution in [0.4, 0.5) is 0 Å². The molecule has 0 fully saturated rings. The van der Waals surface area contributed by atoms with Crippen molar-refractivity contribution in [1.82, 2.24) is 10.0 Å². The zero-order chi connectivity index (χ0) is 17.6. The van der Waals surface area contributed by atoms with Crippen LogP contribution in [0, 0.1) is 0 Å². The minimum absolute atomic E-state index is 0.00461. The zero-order valence-electron chi connectivity index (χ0n) is 12.6. The second-order valence-corrected chi connectivity index (χ2v) is 8.04. The van der Waals surface area contributed by atoms with Crippen LogP contribution in [0.2, 0.25) is 5.02 Å². The Bertz CT molecular complexity index is 813. The van der Waals surface area contributed by atoms with Gasteiger partial charge in [0, 0.05) is 24.0 Å². The molecule has 2 rings (SSSR count). The van der Waals surface area contributed by atoms with Gasteiger partial charge in [-0.25, -0.2) is 13.1 Å². The van der Waals surface area contributed by atoms with E-state index in [-0.39, 0.29) is 28.8 Å². The SMILES string of the molecule is O=C(CCNS(=O)(=O)c1ccc(Br)cc1Cl)NCc1ccccc1. The second-order valence-electron chi connectivity index (χ2n) is 4.98. The molecule has 0 radical (unpaired) electrons. The lowest BCUT2D eigenvalue weighted by Gasteiger charge is -2.09. The molecule has 2 aromatic rings. The Morgan fingerprint density at radius 2 is 1.83 bits per heavy atom. The normalized spacial score (nSPS) is 11.2. The summed E-state index contributed by atoms with van der Waals surface area (Å²) in [6.07, 6.45) is 0.0419. The molecule has 0 saturated heterocycles.